The molecule has 0 aliphatic rings. The number of pyridine rings is 1. The second-order valence-corrected chi connectivity index (χ2v) is 6.41. The second kappa shape index (κ2) is 8.83. The number of amides is 2. The van der Waals surface area contributed by atoms with Gasteiger partial charge in [0.05, 0.1) is 15.7 Å². The first-order valence-corrected chi connectivity index (χ1v) is 8.50. The highest BCUT2D eigenvalue weighted by Crippen LogP contribution is 2.33. The summed E-state index contributed by atoms with van der Waals surface area (Å²) in [6.45, 7) is 1.79. The van der Waals surface area contributed by atoms with E-state index in [4.69, 9.17) is 23.2 Å². The molecule has 0 fully saturated rings. The summed E-state index contributed by atoms with van der Waals surface area (Å²) in [5.41, 5.74) is 1.45. The minimum absolute atomic E-state index is 0.119. The number of benzene rings is 1. The van der Waals surface area contributed by atoms with Gasteiger partial charge in [0.25, 0.3) is 0 Å². The van der Waals surface area contributed by atoms with E-state index in [1.54, 1.807) is 42.5 Å². The zero-order valence-corrected chi connectivity index (χ0v) is 15.6. The molecular formula is C18H19Cl2N3O2. The lowest BCUT2D eigenvalue weighted by molar-refractivity contribution is -0.130. The standard InChI is InChI=1S/C18H19Cl2N3O2/c1-13(24)23(18-15(19)4-3-5-16(18)20)12-17(25)22(2)11-8-14-6-9-21-10-7-14/h3-7,9-10H,8,11-12H2,1-2H3. The first kappa shape index (κ1) is 19.2. The highest BCUT2D eigenvalue weighted by atomic mass is 35.5. The highest BCUT2D eigenvalue weighted by Gasteiger charge is 2.22. The third kappa shape index (κ3) is 5.18. The van der Waals surface area contributed by atoms with Gasteiger partial charge in [0, 0.05) is 32.9 Å². The molecule has 2 rings (SSSR count). The molecule has 0 aliphatic carbocycles. The van der Waals surface area contributed by atoms with Crippen molar-refractivity contribution in [1.82, 2.24) is 9.88 Å². The number of rotatable bonds is 6. The Morgan fingerprint density at radius 1 is 1.08 bits per heavy atom. The Labute approximate surface area is 157 Å². The molecule has 0 N–H and O–H groups in total. The zero-order valence-electron chi connectivity index (χ0n) is 14.1. The van der Waals surface area contributed by atoms with Gasteiger partial charge < -0.3 is 9.80 Å². The van der Waals surface area contributed by atoms with Gasteiger partial charge in [0.1, 0.15) is 6.54 Å². The van der Waals surface area contributed by atoms with Gasteiger partial charge in [-0.25, -0.2) is 0 Å². The molecule has 132 valence electrons. The van der Waals surface area contributed by atoms with Crippen molar-refractivity contribution < 1.29 is 9.59 Å². The normalized spacial score (nSPS) is 10.4. The van der Waals surface area contributed by atoms with Crippen LogP contribution < -0.4 is 4.90 Å². The summed E-state index contributed by atoms with van der Waals surface area (Å²) in [7, 11) is 1.70. The third-order valence-corrected chi connectivity index (χ3v) is 4.40. The van der Waals surface area contributed by atoms with Gasteiger partial charge in [-0.1, -0.05) is 29.3 Å². The van der Waals surface area contributed by atoms with E-state index in [1.807, 2.05) is 12.1 Å². The van der Waals surface area contributed by atoms with E-state index in [0.717, 1.165) is 5.56 Å². The molecular weight excluding hydrogens is 361 g/mol. The lowest BCUT2D eigenvalue weighted by Gasteiger charge is -2.26. The van der Waals surface area contributed by atoms with E-state index in [-0.39, 0.29) is 18.4 Å². The van der Waals surface area contributed by atoms with E-state index in [1.165, 1.54) is 11.8 Å². The predicted octanol–water partition coefficient (Wildman–Crippen LogP) is 3.44. The summed E-state index contributed by atoms with van der Waals surface area (Å²) in [6.07, 6.45) is 4.14. The van der Waals surface area contributed by atoms with E-state index >= 15 is 0 Å². The number of carbonyl (C=O) groups is 2. The Bertz CT molecular complexity index is 733. The number of nitrogens with zero attached hydrogens (tertiary/aromatic N) is 3. The van der Waals surface area contributed by atoms with Crippen molar-refractivity contribution in [2.24, 2.45) is 0 Å². The van der Waals surface area contributed by atoms with E-state index in [2.05, 4.69) is 4.98 Å². The summed E-state index contributed by atoms with van der Waals surface area (Å²) in [5.74, 6) is -0.494. The Balaban J connectivity index is 2.06. The molecule has 0 bridgehead atoms. The van der Waals surface area contributed by atoms with Gasteiger partial charge in [-0.15, -0.1) is 0 Å². The molecule has 25 heavy (non-hydrogen) atoms. The largest absolute Gasteiger partial charge is 0.344 e. The molecule has 0 saturated heterocycles. The molecule has 1 aromatic heterocycles. The van der Waals surface area contributed by atoms with Gasteiger partial charge in [-0.2, -0.15) is 0 Å². The fourth-order valence-electron chi connectivity index (χ4n) is 2.32. The molecule has 7 heteroatoms. The van der Waals surface area contributed by atoms with Gasteiger partial charge >= 0.3 is 0 Å². The average molecular weight is 380 g/mol. The number of anilines is 1. The van der Waals surface area contributed by atoms with Gasteiger partial charge in [0.15, 0.2) is 0 Å². The Kier molecular flexibility index (Phi) is 6.79. The van der Waals surface area contributed by atoms with Crippen molar-refractivity contribution in [3.8, 4) is 0 Å². The molecule has 0 unspecified atom stereocenters. The molecule has 2 aromatic rings. The lowest BCUT2D eigenvalue weighted by atomic mass is 10.2. The number of hydrogen-bond acceptors (Lipinski definition) is 3. The van der Waals surface area contributed by atoms with Crippen molar-refractivity contribution in [3.63, 3.8) is 0 Å². The summed E-state index contributed by atoms with van der Waals surface area (Å²) in [5, 5.41) is 0.657. The molecule has 0 radical (unpaired) electrons. The third-order valence-electron chi connectivity index (χ3n) is 3.79. The van der Waals surface area contributed by atoms with Crippen LogP contribution in [0.1, 0.15) is 12.5 Å². The average Bonchev–Trinajstić information content (AvgIpc) is 2.59. The van der Waals surface area contributed by atoms with Crippen molar-refractivity contribution >= 4 is 40.7 Å². The van der Waals surface area contributed by atoms with Crippen LogP contribution in [0.3, 0.4) is 0 Å². The summed E-state index contributed by atoms with van der Waals surface area (Å²) >= 11 is 12.3. The fraction of sp³-hybridized carbons (Fsp3) is 0.278. The number of likely N-dealkylation sites (N-methyl/N-ethyl adjacent to an activating group) is 1. The van der Waals surface area contributed by atoms with Crippen LogP contribution in [0.5, 0.6) is 0 Å². The second-order valence-electron chi connectivity index (χ2n) is 5.60. The van der Waals surface area contributed by atoms with Crippen LogP contribution in [0.4, 0.5) is 5.69 Å². The monoisotopic (exact) mass is 379 g/mol. The van der Waals surface area contributed by atoms with Crippen LogP contribution in [0.2, 0.25) is 10.0 Å². The van der Waals surface area contributed by atoms with E-state index in [9.17, 15) is 9.59 Å². The van der Waals surface area contributed by atoms with E-state index in [0.29, 0.717) is 28.7 Å². The quantitative estimate of drug-likeness (QED) is 0.772. The maximum Gasteiger partial charge on any atom is 0.242 e. The predicted molar refractivity (Wildman–Crippen MR) is 100 cm³/mol. The summed E-state index contributed by atoms with van der Waals surface area (Å²) in [4.78, 5) is 31.4. The summed E-state index contributed by atoms with van der Waals surface area (Å²) < 4.78 is 0. The molecule has 1 aromatic carbocycles. The molecule has 5 nitrogen and oxygen atoms in total. The van der Waals surface area contributed by atoms with Gasteiger partial charge in [0.2, 0.25) is 11.8 Å². The molecule has 0 saturated carbocycles. The first-order chi connectivity index (χ1) is 11.9. The van der Waals surface area contributed by atoms with Crippen molar-refractivity contribution in [1.29, 1.82) is 0 Å². The summed E-state index contributed by atoms with van der Waals surface area (Å²) in [6, 6.07) is 8.77. The molecule has 1 heterocycles. The number of halogens is 2. The minimum atomic E-state index is -0.300. The number of aromatic nitrogens is 1. The van der Waals surface area contributed by atoms with Crippen LogP contribution in [-0.2, 0) is 16.0 Å². The van der Waals surface area contributed by atoms with E-state index < -0.39 is 0 Å². The first-order valence-electron chi connectivity index (χ1n) is 7.75. The smallest absolute Gasteiger partial charge is 0.242 e. The molecule has 0 spiro atoms. The van der Waals surface area contributed by atoms with Gasteiger partial charge in [-0.3, -0.25) is 14.6 Å². The topological polar surface area (TPSA) is 53.5 Å². The van der Waals surface area contributed by atoms with Crippen molar-refractivity contribution in [3.05, 3.63) is 58.3 Å². The van der Waals surface area contributed by atoms with Crippen molar-refractivity contribution in [2.75, 3.05) is 25.0 Å². The maximum atomic E-state index is 12.5. The Morgan fingerprint density at radius 3 is 2.24 bits per heavy atom. The number of carbonyl (C=O) groups excluding carboxylic acids is 2. The fourth-order valence-corrected chi connectivity index (χ4v) is 2.92. The van der Waals surface area contributed by atoms with Crippen LogP contribution in [0.25, 0.3) is 0 Å². The number of para-hydroxylation sites is 1. The maximum absolute atomic E-state index is 12.5. The minimum Gasteiger partial charge on any atom is -0.344 e. The Morgan fingerprint density at radius 2 is 1.68 bits per heavy atom. The van der Waals surface area contributed by atoms with Gasteiger partial charge in [-0.05, 0) is 36.2 Å². The van der Waals surface area contributed by atoms with Crippen LogP contribution in [0.15, 0.2) is 42.7 Å². The van der Waals surface area contributed by atoms with Crippen LogP contribution >= 0.6 is 23.2 Å². The molecule has 2 amide bonds. The molecule has 0 atom stereocenters. The van der Waals surface area contributed by atoms with Crippen LogP contribution in [0, 0.1) is 0 Å². The SMILES string of the molecule is CC(=O)N(CC(=O)N(C)CCc1ccncc1)c1c(Cl)cccc1Cl. The number of hydrogen-bond donors (Lipinski definition) is 0. The van der Waals surface area contributed by atoms with Crippen LogP contribution in [-0.4, -0.2) is 41.8 Å². The molecule has 0 aliphatic heterocycles. The van der Waals surface area contributed by atoms with Crippen molar-refractivity contribution in [2.45, 2.75) is 13.3 Å². The zero-order chi connectivity index (χ0) is 18.4. The lowest BCUT2D eigenvalue weighted by Crippen LogP contribution is -2.41. The Hall–Kier alpha value is -2.11. The highest BCUT2D eigenvalue weighted by molar-refractivity contribution is 6.40.